The van der Waals surface area contributed by atoms with Crippen LogP contribution in [0.25, 0.3) is 11.1 Å². The summed E-state index contributed by atoms with van der Waals surface area (Å²) in [5, 5.41) is 8.42. The topological polar surface area (TPSA) is 3.24 Å². The van der Waals surface area contributed by atoms with Crippen LogP contribution in [0, 0.1) is 0 Å². The molecule has 1 aliphatic heterocycles. The fraction of sp³-hybridized carbons (Fsp3) is 0.0448. The summed E-state index contributed by atoms with van der Waals surface area (Å²) >= 11 is 0. The van der Waals surface area contributed by atoms with Gasteiger partial charge in [-0.15, -0.1) is 0 Å². The quantitative estimate of drug-likeness (QED) is 0.103. The SMILES string of the molecule is C1=CC(c2ccccc2)C([SiH](c2ccccc2)c2ccc3c(c2)C2(c4cc([Si](c5ccccc5)(c5ccccc5)c5ccccc5)ccc4-3)c3ccccc3N(c3ccccc3)c3ccccc32)C=C1. The van der Waals surface area contributed by atoms with Gasteiger partial charge in [0.2, 0.25) is 0 Å². The third kappa shape index (κ3) is 6.50. The van der Waals surface area contributed by atoms with Crippen molar-refractivity contribution in [3.8, 4) is 11.1 Å². The van der Waals surface area contributed by atoms with Crippen LogP contribution in [0.4, 0.5) is 17.1 Å². The number of allylic oxidation sites excluding steroid dienone is 4. The molecule has 2 aliphatic carbocycles. The molecule has 70 heavy (non-hydrogen) atoms. The molecular formula is C67H51NSi2. The van der Waals surface area contributed by atoms with Crippen molar-refractivity contribution >= 4 is 65.1 Å². The van der Waals surface area contributed by atoms with Crippen LogP contribution in [0.5, 0.6) is 0 Å². The molecule has 0 bridgehead atoms. The average Bonchev–Trinajstić information content (AvgIpc) is 3.72. The van der Waals surface area contributed by atoms with Gasteiger partial charge in [0.1, 0.15) is 8.80 Å². The van der Waals surface area contributed by atoms with Crippen molar-refractivity contribution in [2.75, 3.05) is 4.90 Å². The Bertz CT molecular complexity index is 3410. The molecule has 0 aromatic heterocycles. The van der Waals surface area contributed by atoms with Gasteiger partial charge >= 0.3 is 0 Å². The first-order valence-corrected chi connectivity index (χ1v) is 28.5. The minimum Gasteiger partial charge on any atom is -0.310 e. The molecule has 1 spiro atoms. The van der Waals surface area contributed by atoms with E-state index in [1.54, 1.807) is 0 Å². The van der Waals surface area contributed by atoms with Crippen molar-refractivity contribution in [1.82, 2.24) is 0 Å². The first-order valence-electron chi connectivity index (χ1n) is 24.7. The summed E-state index contributed by atoms with van der Waals surface area (Å²) in [6, 6.07) is 102. The van der Waals surface area contributed by atoms with Gasteiger partial charge in [-0.1, -0.05) is 277 Å². The van der Waals surface area contributed by atoms with E-state index in [1.165, 1.54) is 81.4 Å². The second kappa shape index (κ2) is 17.5. The van der Waals surface area contributed by atoms with E-state index < -0.39 is 22.3 Å². The molecule has 332 valence electrons. The van der Waals surface area contributed by atoms with Gasteiger partial charge in [-0.05, 0) is 89.5 Å². The predicted octanol–water partition coefficient (Wildman–Crippen LogP) is 11.8. The van der Waals surface area contributed by atoms with Crippen LogP contribution >= 0.6 is 0 Å². The Kier molecular flexibility index (Phi) is 10.5. The van der Waals surface area contributed by atoms with Crippen molar-refractivity contribution in [3.63, 3.8) is 0 Å². The van der Waals surface area contributed by atoms with Gasteiger partial charge < -0.3 is 4.90 Å². The number of nitrogens with zero attached hydrogens (tertiary/aromatic N) is 1. The lowest BCUT2D eigenvalue weighted by atomic mass is 9.64. The molecule has 3 aliphatic rings. The van der Waals surface area contributed by atoms with Gasteiger partial charge in [0.15, 0.2) is 8.07 Å². The zero-order chi connectivity index (χ0) is 46.5. The Morgan fingerprint density at radius 3 is 1.39 bits per heavy atom. The molecule has 3 atom stereocenters. The Hall–Kier alpha value is -8.09. The Morgan fingerprint density at radius 1 is 0.357 bits per heavy atom. The lowest BCUT2D eigenvalue weighted by molar-refractivity contribution is 0.753. The largest absolute Gasteiger partial charge is 0.310 e. The van der Waals surface area contributed by atoms with Gasteiger partial charge in [-0.25, -0.2) is 0 Å². The Labute approximate surface area is 414 Å². The van der Waals surface area contributed by atoms with Crippen molar-refractivity contribution in [3.05, 3.63) is 319 Å². The predicted molar refractivity (Wildman–Crippen MR) is 300 cm³/mol. The van der Waals surface area contributed by atoms with Crippen LogP contribution < -0.4 is 36.0 Å². The maximum atomic E-state index is 2.69. The van der Waals surface area contributed by atoms with Gasteiger partial charge in [0, 0.05) is 11.6 Å². The summed E-state index contributed by atoms with van der Waals surface area (Å²) in [5.74, 6) is 0.271. The van der Waals surface area contributed by atoms with Gasteiger partial charge in [0.05, 0.1) is 16.8 Å². The molecule has 0 saturated heterocycles. The fourth-order valence-corrected chi connectivity index (χ4v) is 21.2. The zero-order valence-corrected chi connectivity index (χ0v) is 41.0. The monoisotopic (exact) mass is 925 g/mol. The second-order valence-electron chi connectivity index (χ2n) is 19.0. The molecule has 10 aromatic carbocycles. The minimum atomic E-state index is -2.93. The van der Waals surface area contributed by atoms with Crippen LogP contribution in [-0.4, -0.2) is 16.9 Å². The highest BCUT2D eigenvalue weighted by Crippen LogP contribution is 2.63. The molecule has 0 radical (unpaired) electrons. The van der Waals surface area contributed by atoms with Gasteiger partial charge in [-0.2, -0.15) is 0 Å². The maximum Gasteiger partial charge on any atom is 0.179 e. The van der Waals surface area contributed by atoms with E-state index in [0.29, 0.717) is 5.54 Å². The summed E-state index contributed by atoms with van der Waals surface area (Å²) in [6.45, 7) is 0. The summed E-state index contributed by atoms with van der Waals surface area (Å²) in [6.07, 6.45) is 9.53. The number of fused-ring (bicyclic) bond motifs is 9. The molecule has 3 unspecified atom stereocenters. The minimum absolute atomic E-state index is 0.271. The lowest BCUT2D eigenvalue weighted by Crippen LogP contribution is -2.74. The Balaban J connectivity index is 1.13. The highest BCUT2D eigenvalue weighted by atomic mass is 28.3. The molecular weight excluding hydrogens is 875 g/mol. The lowest BCUT2D eigenvalue weighted by Gasteiger charge is -2.45. The van der Waals surface area contributed by atoms with Crippen molar-refractivity contribution in [2.45, 2.75) is 16.9 Å². The van der Waals surface area contributed by atoms with Crippen molar-refractivity contribution in [1.29, 1.82) is 0 Å². The first kappa shape index (κ1) is 42.1. The summed E-state index contributed by atoms with van der Waals surface area (Å²) < 4.78 is 0. The van der Waals surface area contributed by atoms with Crippen LogP contribution in [0.1, 0.15) is 33.7 Å². The normalized spacial score (nSPS) is 16.5. The molecule has 0 saturated carbocycles. The molecule has 0 N–H and O–H groups in total. The third-order valence-electron chi connectivity index (χ3n) is 15.6. The number of rotatable bonds is 9. The second-order valence-corrected chi connectivity index (χ2v) is 25.9. The smallest absolute Gasteiger partial charge is 0.179 e. The molecule has 1 nitrogen and oxygen atoms in total. The molecule has 3 heteroatoms. The number of anilines is 3. The maximum absolute atomic E-state index is 2.93. The highest BCUT2D eigenvalue weighted by Gasteiger charge is 2.53. The van der Waals surface area contributed by atoms with E-state index in [4.69, 9.17) is 0 Å². The van der Waals surface area contributed by atoms with Crippen LogP contribution in [-0.2, 0) is 5.41 Å². The van der Waals surface area contributed by atoms with E-state index in [2.05, 4.69) is 296 Å². The third-order valence-corrected chi connectivity index (χ3v) is 24.0. The van der Waals surface area contributed by atoms with Crippen molar-refractivity contribution in [2.24, 2.45) is 0 Å². The first-order chi connectivity index (χ1) is 34.8. The summed E-state index contributed by atoms with van der Waals surface area (Å²) in [4.78, 5) is 2.50. The molecule has 0 amide bonds. The Morgan fingerprint density at radius 2 is 0.814 bits per heavy atom. The number of benzene rings is 10. The van der Waals surface area contributed by atoms with Gasteiger partial charge in [-0.3, -0.25) is 0 Å². The summed E-state index contributed by atoms with van der Waals surface area (Å²) in [5.41, 5.74) is 12.6. The highest BCUT2D eigenvalue weighted by molar-refractivity contribution is 7.19. The van der Waals surface area contributed by atoms with E-state index in [1.807, 2.05) is 0 Å². The molecule has 13 rings (SSSR count). The van der Waals surface area contributed by atoms with E-state index in [-0.39, 0.29) is 5.92 Å². The zero-order valence-electron chi connectivity index (χ0n) is 38.9. The molecule has 10 aromatic rings. The van der Waals surface area contributed by atoms with E-state index >= 15 is 0 Å². The molecule has 0 fully saturated rings. The number of hydrogen-bond donors (Lipinski definition) is 0. The summed E-state index contributed by atoms with van der Waals surface area (Å²) in [7, 11) is -4.93. The fourth-order valence-electron chi connectivity index (χ4n) is 12.8. The van der Waals surface area contributed by atoms with Crippen molar-refractivity contribution < 1.29 is 0 Å². The van der Waals surface area contributed by atoms with Crippen LogP contribution in [0.3, 0.4) is 0 Å². The van der Waals surface area contributed by atoms with Gasteiger partial charge in [0.25, 0.3) is 0 Å². The standard InChI is InChI=1S/C67H51NSi2/c1-7-25-49(26-8-1)57-37-19-24-42-66(57)69(51-29-11-3-12-30-51)52-43-45-58-59-46-44-56(70(53-31-13-4-14-32-53,54-33-15-5-16-34-54)55-35-17-6-18-36-55)48-63(59)67(62(58)47-52)60-38-20-22-40-64(60)68(50-27-9-2-10-28-50)65-41-23-21-39-61(65)67/h1-48,57,66,69H. The van der Waals surface area contributed by atoms with Crippen LogP contribution in [0.15, 0.2) is 291 Å². The van der Waals surface area contributed by atoms with Crippen LogP contribution in [0.2, 0.25) is 5.54 Å². The van der Waals surface area contributed by atoms with E-state index in [0.717, 1.165) is 5.69 Å². The number of hydrogen-bond acceptors (Lipinski definition) is 1. The average molecular weight is 926 g/mol. The molecule has 1 heterocycles. The number of para-hydroxylation sites is 3. The van der Waals surface area contributed by atoms with E-state index in [9.17, 15) is 0 Å².